The number of carbonyl (C=O) groups excluding carboxylic acids is 1. The third-order valence-electron chi connectivity index (χ3n) is 6.81. The van der Waals surface area contributed by atoms with Crippen LogP contribution < -0.4 is 5.32 Å². The molecule has 3 aromatic rings. The number of anilines is 1. The molecule has 2 saturated carbocycles. The molecule has 1 saturated heterocycles. The van der Waals surface area contributed by atoms with E-state index in [1.807, 2.05) is 15.6 Å². The van der Waals surface area contributed by atoms with E-state index in [4.69, 9.17) is 16.0 Å². The minimum atomic E-state index is -0.507. The zero-order valence-corrected chi connectivity index (χ0v) is 18.5. The van der Waals surface area contributed by atoms with Crippen molar-refractivity contribution in [1.82, 2.24) is 29.9 Å². The number of aromatic nitrogens is 5. The van der Waals surface area contributed by atoms with Gasteiger partial charge in [0, 0.05) is 37.2 Å². The van der Waals surface area contributed by atoms with E-state index in [9.17, 15) is 4.79 Å². The number of urea groups is 1. The highest BCUT2D eigenvalue weighted by atomic mass is 35.5. The van der Waals surface area contributed by atoms with Crippen molar-refractivity contribution in [1.29, 1.82) is 0 Å². The van der Waals surface area contributed by atoms with Gasteiger partial charge in [-0.3, -0.25) is 4.68 Å². The Morgan fingerprint density at radius 3 is 2.94 bits per heavy atom. The van der Waals surface area contributed by atoms with Crippen molar-refractivity contribution in [3.05, 3.63) is 41.3 Å². The summed E-state index contributed by atoms with van der Waals surface area (Å²) in [4.78, 5) is 19.6. The molecular weight excluding hydrogens is 430 g/mol. The lowest BCUT2D eigenvalue weighted by Gasteiger charge is -2.59. The Labute approximate surface area is 190 Å². The third kappa shape index (κ3) is 3.26. The van der Waals surface area contributed by atoms with Crippen molar-refractivity contribution in [2.24, 2.45) is 5.92 Å². The standard InChI is InChI=1S/C22H24ClN7O2/c1-13-26-27-20(32-13)22-8-2-3-16(10-22)30(22)21(31)25-15-6-7-18(23)17(9-15)19-24-12-29(28-19)11-14-4-5-14/h6-7,9,12,14,16H,2-5,8,10-11H2,1H3,(H,25,31). The van der Waals surface area contributed by atoms with Crippen molar-refractivity contribution in [3.8, 4) is 11.4 Å². The van der Waals surface area contributed by atoms with E-state index in [0.717, 1.165) is 32.2 Å². The number of rotatable bonds is 5. The lowest BCUT2D eigenvalue weighted by molar-refractivity contribution is -0.0912. The number of benzene rings is 1. The number of likely N-dealkylation sites (tertiary alicyclic amines) is 1. The highest BCUT2D eigenvalue weighted by molar-refractivity contribution is 6.33. The van der Waals surface area contributed by atoms with Crippen molar-refractivity contribution >= 4 is 23.3 Å². The molecule has 10 heteroatoms. The van der Waals surface area contributed by atoms with E-state index in [2.05, 4.69) is 25.6 Å². The highest BCUT2D eigenvalue weighted by Gasteiger charge is 2.60. The van der Waals surface area contributed by atoms with Gasteiger partial charge in [-0.2, -0.15) is 5.10 Å². The molecule has 1 aliphatic heterocycles. The zero-order chi connectivity index (χ0) is 21.9. The minimum absolute atomic E-state index is 0.169. The van der Waals surface area contributed by atoms with Crippen molar-refractivity contribution in [2.75, 3.05) is 5.32 Å². The van der Waals surface area contributed by atoms with Gasteiger partial charge in [0.15, 0.2) is 5.82 Å². The smallest absolute Gasteiger partial charge is 0.322 e. The van der Waals surface area contributed by atoms with E-state index in [1.54, 1.807) is 25.4 Å². The molecule has 2 atom stereocenters. The van der Waals surface area contributed by atoms with E-state index in [0.29, 0.717) is 39.8 Å². The summed E-state index contributed by atoms with van der Waals surface area (Å²) in [6, 6.07) is 5.40. The van der Waals surface area contributed by atoms with Gasteiger partial charge in [-0.1, -0.05) is 11.6 Å². The molecule has 3 fully saturated rings. The second-order valence-corrected chi connectivity index (χ2v) is 9.54. The summed E-state index contributed by atoms with van der Waals surface area (Å²) in [5, 5.41) is 16.4. The summed E-state index contributed by atoms with van der Waals surface area (Å²) in [5.41, 5.74) is 0.840. The number of amides is 2. The maximum absolute atomic E-state index is 13.3. The van der Waals surface area contributed by atoms with Crippen molar-refractivity contribution in [3.63, 3.8) is 0 Å². The predicted molar refractivity (Wildman–Crippen MR) is 117 cm³/mol. The van der Waals surface area contributed by atoms with Gasteiger partial charge in [-0.15, -0.1) is 10.2 Å². The number of piperidine rings is 1. The van der Waals surface area contributed by atoms with Crippen LogP contribution in [0.3, 0.4) is 0 Å². The van der Waals surface area contributed by atoms with Crippen LogP contribution in [0.2, 0.25) is 5.02 Å². The molecule has 3 heterocycles. The molecule has 1 aromatic carbocycles. The predicted octanol–water partition coefficient (Wildman–Crippen LogP) is 4.39. The number of aryl methyl sites for hydroxylation is 1. The molecule has 0 spiro atoms. The second-order valence-electron chi connectivity index (χ2n) is 9.14. The summed E-state index contributed by atoms with van der Waals surface area (Å²) >= 11 is 6.44. The fourth-order valence-corrected chi connectivity index (χ4v) is 5.27. The molecule has 6 rings (SSSR count). The van der Waals surface area contributed by atoms with Crippen LogP contribution in [0.15, 0.2) is 28.9 Å². The lowest BCUT2D eigenvalue weighted by atomic mass is 9.68. The quantitative estimate of drug-likeness (QED) is 0.614. The molecule has 32 heavy (non-hydrogen) atoms. The first-order valence-corrected chi connectivity index (χ1v) is 11.5. The summed E-state index contributed by atoms with van der Waals surface area (Å²) in [6.07, 6.45) is 7.95. The Kier molecular flexibility index (Phi) is 4.50. The summed E-state index contributed by atoms with van der Waals surface area (Å²) < 4.78 is 7.61. The molecule has 166 valence electrons. The topological polar surface area (TPSA) is 102 Å². The first kappa shape index (κ1) is 19.7. The van der Waals surface area contributed by atoms with Gasteiger partial charge in [0.05, 0.1) is 5.02 Å². The summed E-state index contributed by atoms with van der Waals surface area (Å²) in [5.74, 6) is 2.31. The maximum atomic E-state index is 13.3. The first-order chi connectivity index (χ1) is 15.5. The maximum Gasteiger partial charge on any atom is 0.322 e. The average molecular weight is 454 g/mol. The number of nitrogens with zero attached hydrogens (tertiary/aromatic N) is 6. The van der Waals surface area contributed by atoms with Gasteiger partial charge in [-0.25, -0.2) is 9.78 Å². The SMILES string of the molecule is Cc1nnc(C23CCCC(C2)N3C(=O)Nc2ccc(Cl)c(-c3ncn(CC4CC4)n3)c2)o1. The number of carbonyl (C=O) groups is 1. The van der Waals surface area contributed by atoms with Crippen molar-refractivity contribution in [2.45, 2.75) is 63.6 Å². The van der Waals surface area contributed by atoms with Crippen LogP contribution in [0.1, 0.15) is 50.3 Å². The van der Waals surface area contributed by atoms with Gasteiger partial charge in [0.1, 0.15) is 11.9 Å². The highest BCUT2D eigenvalue weighted by Crippen LogP contribution is 2.53. The zero-order valence-electron chi connectivity index (χ0n) is 17.8. The molecule has 9 nitrogen and oxygen atoms in total. The van der Waals surface area contributed by atoms with Crippen LogP contribution in [0, 0.1) is 12.8 Å². The monoisotopic (exact) mass is 453 g/mol. The van der Waals surface area contributed by atoms with E-state index in [-0.39, 0.29) is 12.1 Å². The average Bonchev–Trinajstić information content (AvgIpc) is 3.27. The Bertz CT molecular complexity index is 1180. The van der Waals surface area contributed by atoms with Crippen LogP contribution in [0.4, 0.5) is 10.5 Å². The first-order valence-electron chi connectivity index (χ1n) is 11.1. The number of hydrogen-bond donors (Lipinski definition) is 1. The Hall–Kier alpha value is -2.94. The lowest BCUT2D eigenvalue weighted by Crippen LogP contribution is -2.69. The normalized spacial score (nSPS) is 24.3. The van der Waals surface area contributed by atoms with E-state index >= 15 is 0 Å². The van der Waals surface area contributed by atoms with Crippen LogP contribution in [-0.2, 0) is 12.1 Å². The summed E-state index contributed by atoms with van der Waals surface area (Å²) in [7, 11) is 0. The largest absolute Gasteiger partial charge is 0.423 e. The molecular formula is C22H24ClN7O2. The molecule has 2 amide bonds. The fraction of sp³-hybridized carbons (Fsp3) is 0.500. The molecule has 1 N–H and O–H groups in total. The van der Waals surface area contributed by atoms with E-state index in [1.165, 1.54) is 12.8 Å². The Balaban J connectivity index is 1.24. The second kappa shape index (κ2) is 7.30. The molecule has 2 aromatic heterocycles. The van der Waals surface area contributed by atoms with Crippen molar-refractivity contribution < 1.29 is 9.21 Å². The molecule has 0 radical (unpaired) electrons. The number of halogens is 1. The Morgan fingerprint density at radius 2 is 2.19 bits per heavy atom. The third-order valence-corrected chi connectivity index (χ3v) is 7.14. The summed E-state index contributed by atoms with van der Waals surface area (Å²) in [6.45, 7) is 2.65. The number of nitrogens with one attached hydrogen (secondary N) is 1. The fourth-order valence-electron chi connectivity index (χ4n) is 5.07. The molecule has 3 aliphatic rings. The van der Waals surface area contributed by atoms with Gasteiger partial charge >= 0.3 is 6.03 Å². The molecule has 2 bridgehead atoms. The Morgan fingerprint density at radius 1 is 1.31 bits per heavy atom. The molecule has 2 unspecified atom stereocenters. The van der Waals surface area contributed by atoms with Gasteiger partial charge in [0.25, 0.3) is 0 Å². The van der Waals surface area contributed by atoms with Crippen LogP contribution >= 0.6 is 11.6 Å². The van der Waals surface area contributed by atoms with Crippen LogP contribution in [-0.4, -0.2) is 41.9 Å². The number of fused-ring (bicyclic) bond motifs is 2. The van der Waals surface area contributed by atoms with Crippen LogP contribution in [0.25, 0.3) is 11.4 Å². The van der Waals surface area contributed by atoms with Crippen LogP contribution in [0.5, 0.6) is 0 Å². The van der Waals surface area contributed by atoms with Gasteiger partial charge in [-0.05, 0) is 56.2 Å². The number of hydrogen-bond acceptors (Lipinski definition) is 6. The van der Waals surface area contributed by atoms with E-state index < -0.39 is 5.54 Å². The minimum Gasteiger partial charge on any atom is -0.423 e. The molecule has 2 aliphatic carbocycles. The van der Waals surface area contributed by atoms with Gasteiger partial charge in [0.2, 0.25) is 11.8 Å². The van der Waals surface area contributed by atoms with Gasteiger partial charge < -0.3 is 14.6 Å².